The van der Waals surface area contributed by atoms with Crippen LogP contribution < -0.4 is 0 Å². The predicted octanol–water partition coefficient (Wildman–Crippen LogP) is 1.57. The van der Waals surface area contributed by atoms with Crippen molar-refractivity contribution >= 4 is 8.81 Å². The largest absolute Gasteiger partial charge is 0.389 e. The minimum atomic E-state index is -0.415. The summed E-state index contributed by atoms with van der Waals surface area (Å²) in [5.41, 5.74) is 0.859. The van der Waals surface area contributed by atoms with E-state index in [-0.39, 0.29) is 12.0 Å². The molecule has 0 heterocycles. The molecular weight excluding hydrogens is 199 g/mol. The van der Waals surface area contributed by atoms with Gasteiger partial charge in [0.15, 0.2) is 0 Å². The molecule has 4 atom stereocenters. The maximum atomic E-state index is 9.63. The number of methoxy groups -OCH3 is 1. The van der Waals surface area contributed by atoms with Crippen molar-refractivity contribution < 1.29 is 14.4 Å². The van der Waals surface area contributed by atoms with Crippen molar-refractivity contribution in [1.82, 2.24) is 0 Å². The van der Waals surface area contributed by atoms with Crippen molar-refractivity contribution in [3.05, 3.63) is 12.2 Å². The van der Waals surface area contributed by atoms with Gasteiger partial charge in [-0.25, -0.2) is 0 Å². The third-order valence-electron chi connectivity index (χ3n) is 2.53. The molecule has 0 aliphatic heterocycles. The average molecular weight is 218 g/mol. The van der Waals surface area contributed by atoms with Crippen molar-refractivity contribution in [1.29, 1.82) is 0 Å². The highest BCUT2D eigenvalue weighted by atomic mass is 31.1. The summed E-state index contributed by atoms with van der Waals surface area (Å²) < 4.78 is 10.8. The Morgan fingerprint density at radius 3 is 2.93 bits per heavy atom. The van der Waals surface area contributed by atoms with E-state index in [0.717, 1.165) is 11.7 Å². The Kier molecular flexibility index (Phi) is 5.04. The lowest BCUT2D eigenvalue weighted by Gasteiger charge is -2.19. The van der Waals surface area contributed by atoms with Gasteiger partial charge in [0.2, 0.25) is 0 Å². The van der Waals surface area contributed by atoms with Crippen LogP contribution in [-0.4, -0.2) is 37.2 Å². The number of hydrogen-bond donors (Lipinski definition) is 1. The molecule has 1 aliphatic rings. The molecule has 0 radical (unpaired) electrons. The van der Waals surface area contributed by atoms with Crippen LogP contribution in [0.1, 0.15) is 13.3 Å². The highest BCUT2D eigenvalue weighted by Crippen LogP contribution is 2.36. The van der Waals surface area contributed by atoms with E-state index in [2.05, 4.69) is 13.5 Å². The monoisotopic (exact) mass is 218 g/mol. The van der Waals surface area contributed by atoms with Gasteiger partial charge in [0.25, 0.3) is 0 Å². The van der Waals surface area contributed by atoms with Gasteiger partial charge in [-0.05, 0) is 11.7 Å². The van der Waals surface area contributed by atoms with Gasteiger partial charge in [-0.3, -0.25) is 0 Å². The fraction of sp³-hybridized carbons (Fsp3) is 0.800. The molecule has 0 saturated heterocycles. The molecule has 3 nitrogen and oxygen atoms in total. The summed E-state index contributed by atoms with van der Waals surface area (Å²) in [6.07, 6.45) is 1.37. The highest BCUT2D eigenvalue weighted by molar-refractivity contribution is 7.32. The van der Waals surface area contributed by atoms with Gasteiger partial charge < -0.3 is 14.4 Å². The summed E-state index contributed by atoms with van der Waals surface area (Å²) in [5, 5.41) is 9.63. The molecule has 1 fully saturated rings. The second kappa shape index (κ2) is 5.82. The standard InChI is InChI=1S/C10H19O3P/c1-4-14-13-10-5-9(11)7(2)8(10)6-12-3/h8-11,14H,2,4-6H2,1,3H3/t8-,9+,10-/m0/s1. The van der Waals surface area contributed by atoms with E-state index < -0.39 is 6.10 Å². The van der Waals surface area contributed by atoms with Gasteiger partial charge in [-0.15, -0.1) is 0 Å². The number of rotatable bonds is 5. The first-order valence-corrected chi connectivity index (χ1v) is 6.06. The highest BCUT2D eigenvalue weighted by Gasteiger charge is 2.37. The van der Waals surface area contributed by atoms with E-state index in [1.54, 1.807) is 7.11 Å². The molecule has 0 aromatic heterocycles. The fourth-order valence-electron chi connectivity index (χ4n) is 1.74. The summed E-state index contributed by atoms with van der Waals surface area (Å²) in [6.45, 7) is 6.57. The first kappa shape index (κ1) is 12.1. The van der Waals surface area contributed by atoms with Gasteiger partial charge in [0, 0.05) is 28.3 Å². The summed E-state index contributed by atoms with van der Waals surface area (Å²) in [5.74, 6) is 0.161. The van der Waals surface area contributed by atoms with E-state index in [1.165, 1.54) is 0 Å². The van der Waals surface area contributed by atoms with Crippen LogP contribution in [-0.2, 0) is 9.26 Å². The van der Waals surface area contributed by atoms with Crippen LogP contribution in [0.25, 0.3) is 0 Å². The third-order valence-corrected chi connectivity index (χ3v) is 3.29. The van der Waals surface area contributed by atoms with E-state index in [0.29, 0.717) is 21.8 Å². The van der Waals surface area contributed by atoms with Crippen LogP contribution in [0.5, 0.6) is 0 Å². The van der Waals surface area contributed by atoms with Crippen LogP contribution in [0.2, 0.25) is 0 Å². The Bertz CT molecular complexity index is 196. The van der Waals surface area contributed by atoms with Crippen LogP contribution in [0.4, 0.5) is 0 Å². The van der Waals surface area contributed by atoms with Gasteiger partial charge >= 0.3 is 0 Å². The molecule has 1 aliphatic carbocycles. The maximum Gasteiger partial charge on any atom is 0.0777 e. The number of ether oxygens (including phenoxy) is 1. The second-order valence-corrected chi connectivity index (χ2v) is 4.77. The second-order valence-electron chi connectivity index (χ2n) is 3.54. The summed E-state index contributed by atoms with van der Waals surface area (Å²) in [6, 6.07) is 0. The summed E-state index contributed by atoms with van der Waals surface area (Å²) in [4.78, 5) is 0. The van der Waals surface area contributed by atoms with Gasteiger partial charge in [0.1, 0.15) is 0 Å². The number of aliphatic hydroxyl groups excluding tert-OH is 1. The summed E-state index contributed by atoms with van der Waals surface area (Å²) in [7, 11) is 2.17. The Hall–Kier alpha value is 0.0500. The Balaban J connectivity index is 2.51. The molecule has 14 heavy (non-hydrogen) atoms. The van der Waals surface area contributed by atoms with E-state index in [4.69, 9.17) is 9.26 Å². The molecule has 0 aromatic carbocycles. The quantitative estimate of drug-likeness (QED) is 0.562. The molecule has 82 valence electrons. The van der Waals surface area contributed by atoms with Crippen molar-refractivity contribution in [3.63, 3.8) is 0 Å². The smallest absolute Gasteiger partial charge is 0.0777 e. The number of aliphatic hydroxyl groups is 1. The first-order valence-electron chi connectivity index (χ1n) is 4.94. The zero-order valence-corrected chi connectivity index (χ0v) is 9.82. The van der Waals surface area contributed by atoms with Gasteiger partial charge in [-0.1, -0.05) is 13.5 Å². The Morgan fingerprint density at radius 1 is 1.64 bits per heavy atom. The van der Waals surface area contributed by atoms with Gasteiger partial charge in [0.05, 0.1) is 18.8 Å². The van der Waals surface area contributed by atoms with Crippen LogP contribution in [0.15, 0.2) is 12.2 Å². The molecule has 1 unspecified atom stereocenters. The van der Waals surface area contributed by atoms with E-state index in [1.807, 2.05) is 0 Å². The Labute approximate surface area is 87.4 Å². The zero-order valence-electron chi connectivity index (χ0n) is 8.82. The minimum Gasteiger partial charge on any atom is -0.389 e. The van der Waals surface area contributed by atoms with Crippen molar-refractivity contribution in [2.24, 2.45) is 5.92 Å². The minimum absolute atomic E-state index is 0.0933. The molecule has 4 heteroatoms. The van der Waals surface area contributed by atoms with Crippen molar-refractivity contribution in [2.45, 2.75) is 25.6 Å². The Morgan fingerprint density at radius 2 is 2.36 bits per heavy atom. The maximum absolute atomic E-state index is 9.63. The first-order chi connectivity index (χ1) is 6.70. The molecule has 1 saturated carbocycles. The predicted molar refractivity (Wildman–Crippen MR) is 58.9 cm³/mol. The molecule has 0 amide bonds. The molecule has 0 bridgehead atoms. The van der Waals surface area contributed by atoms with E-state index >= 15 is 0 Å². The van der Waals surface area contributed by atoms with Crippen LogP contribution in [0.3, 0.4) is 0 Å². The van der Waals surface area contributed by atoms with Crippen molar-refractivity contribution in [3.8, 4) is 0 Å². The number of hydrogen-bond acceptors (Lipinski definition) is 3. The topological polar surface area (TPSA) is 38.7 Å². The molecule has 0 spiro atoms. The van der Waals surface area contributed by atoms with Crippen LogP contribution in [0, 0.1) is 5.92 Å². The van der Waals surface area contributed by atoms with Crippen LogP contribution >= 0.6 is 8.81 Å². The SMILES string of the molecule is C=C1[C@H](O)C[C@H](OPCC)[C@H]1COC. The van der Waals surface area contributed by atoms with Gasteiger partial charge in [-0.2, -0.15) is 0 Å². The van der Waals surface area contributed by atoms with E-state index in [9.17, 15) is 5.11 Å². The molecular formula is C10H19O3P. The molecule has 1 rings (SSSR count). The summed E-state index contributed by atoms with van der Waals surface area (Å²) >= 11 is 0. The zero-order chi connectivity index (χ0) is 10.6. The fourth-order valence-corrected chi connectivity index (χ4v) is 2.38. The average Bonchev–Trinajstić information content (AvgIpc) is 2.43. The molecule has 0 aromatic rings. The normalized spacial score (nSPS) is 33.4. The lowest BCUT2D eigenvalue weighted by Crippen LogP contribution is -2.20. The lowest BCUT2D eigenvalue weighted by atomic mass is 10.0. The third kappa shape index (κ3) is 2.77. The molecule has 1 N–H and O–H groups in total. The van der Waals surface area contributed by atoms with Crippen molar-refractivity contribution in [2.75, 3.05) is 19.9 Å². The lowest BCUT2D eigenvalue weighted by molar-refractivity contribution is 0.102.